The average molecular weight is 354 g/mol. The number of aliphatic hydroxyl groups is 1. The molecule has 0 aliphatic rings. The van der Waals surface area contributed by atoms with Crippen LogP contribution in [0.25, 0.3) is 0 Å². The van der Waals surface area contributed by atoms with Crippen LogP contribution in [0, 0.1) is 5.82 Å². The lowest BCUT2D eigenvalue weighted by molar-refractivity contribution is 0.146. The highest BCUT2D eigenvalue weighted by atomic mass is 79.9. The van der Waals surface area contributed by atoms with Crippen LogP contribution in [-0.4, -0.2) is 18.8 Å². The van der Waals surface area contributed by atoms with Gasteiger partial charge in [-0.15, -0.1) is 0 Å². The molecule has 2 unspecified atom stereocenters. The number of nitrogens with two attached hydrogens (primary N) is 1. The highest BCUT2D eigenvalue weighted by molar-refractivity contribution is 9.10. The van der Waals surface area contributed by atoms with Crippen LogP contribution in [0.5, 0.6) is 5.75 Å². The van der Waals surface area contributed by atoms with E-state index in [2.05, 4.69) is 15.9 Å². The van der Waals surface area contributed by atoms with Gasteiger partial charge in [-0.25, -0.2) is 4.39 Å². The monoisotopic (exact) mass is 353 g/mol. The maximum absolute atomic E-state index is 13.5. The average Bonchev–Trinajstić information content (AvgIpc) is 2.50. The third-order valence-electron chi connectivity index (χ3n) is 3.46. The molecule has 0 spiro atoms. The molecule has 0 fully saturated rings. The fourth-order valence-corrected chi connectivity index (χ4v) is 2.87. The molecule has 2 aromatic rings. The molecule has 2 rings (SSSR count). The first-order valence-corrected chi connectivity index (χ1v) is 7.33. The number of aliphatic hydroxyl groups excluding tert-OH is 1. The van der Waals surface area contributed by atoms with Crippen molar-refractivity contribution in [1.82, 2.24) is 0 Å². The minimum atomic E-state index is -0.844. The number of benzene rings is 2. The smallest absolute Gasteiger partial charge is 0.165 e. The normalized spacial score (nSPS) is 13.8. The van der Waals surface area contributed by atoms with Crippen molar-refractivity contribution in [3.05, 3.63) is 63.9 Å². The van der Waals surface area contributed by atoms with E-state index in [-0.39, 0.29) is 18.2 Å². The second-order valence-corrected chi connectivity index (χ2v) is 5.56. The van der Waals surface area contributed by atoms with Crippen LogP contribution in [0.1, 0.15) is 23.1 Å². The van der Waals surface area contributed by atoms with Gasteiger partial charge in [0.1, 0.15) is 0 Å². The maximum Gasteiger partial charge on any atom is 0.165 e. The zero-order chi connectivity index (χ0) is 15.4. The Balaban J connectivity index is 2.37. The molecule has 2 aromatic carbocycles. The van der Waals surface area contributed by atoms with Crippen molar-refractivity contribution in [1.29, 1.82) is 0 Å². The molecule has 0 radical (unpaired) electrons. The summed E-state index contributed by atoms with van der Waals surface area (Å²) < 4.78 is 19.3. The molecule has 0 bridgehead atoms. The molecular formula is C16H17BrFNO2. The fraction of sp³-hybridized carbons (Fsp3) is 0.250. The predicted octanol–water partition coefficient (Wildman–Crippen LogP) is 3.37. The van der Waals surface area contributed by atoms with Gasteiger partial charge in [0.2, 0.25) is 0 Å². The lowest BCUT2D eigenvalue weighted by atomic mass is 9.89. The summed E-state index contributed by atoms with van der Waals surface area (Å²) in [5, 5.41) is 10.6. The van der Waals surface area contributed by atoms with Gasteiger partial charge in [0, 0.05) is 16.9 Å². The van der Waals surface area contributed by atoms with Crippen molar-refractivity contribution in [3.8, 4) is 5.75 Å². The summed E-state index contributed by atoms with van der Waals surface area (Å²) in [6.07, 6.45) is -0.844. The summed E-state index contributed by atoms with van der Waals surface area (Å²) >= 11 is 3.47. The number of halogens is 2. The zero-order valence-corrected chi connectivity index (χ0v) is 13.2. The van der Waals surface area contributed by atoms with Crippen molar-refractivity contribution in [3.63, 3.8) is 0 Å². The molecule has 0 aliphatic heterocycles. The van der Waals surface area contributed by atoms with Gasteiger partial charge < -0.3 is 15.6 Å². The van der Waals surface area contributed by atoms with E-state index < -0.39 is 11.9 Å². The molecule has 0 aliphatic carbocycles. The zero-order valence-electron chi connectivity index (χ0n) is 11.6. The van der Waals surface area contributed by atoms with E-state index in [1.54, 1.807) is 6.07 Å². The Morgan fingerprint density at radius 2 is 2.00 bits per heavy atom. The summed E-state index contributed by atoms with van der Waals surface area (Å²) in [6, 6.07) is 11.9. The molecule has 112 valence electrons. The molecule has 2 atom stereocenters. The van der Waals surface area contributed by atoms with E-state index in [1.165, 1.54) is 19.2 Å². The minimum Gasteiger partial charge on any atom is -0.494 e. The van der Waals surface area contributed by atoms with E-state index in [9.17, 15) is 9.50 Å². The third kappa shape index (κ3) is 3.43. The van der Waals surface area contributed by atoms with Crippen molar-refractivity contribution in [2.75, 3.05) is 13.7 Å². The molecular weight excluding hydrogens is 337 g/mol. The van der Waals surface area contributed by atoms with Gasteiger partial charge in [0.15, 0.2) is 11.6 Å². The molecule has 0 amide bonds. The Hall–Kier alpha value is -1.43. The van der Waals surface area contributed by atoms with Crippen LogP contribution in [-0.2, 0) is 0 Å². The highest BCUT2D eigenvalue weighted by Gasteiger charge is 2.24. The summed E-state index contributed by atoms with van der Waals surface area (Å²) in [5.74, 6) is -0.649. The van der Waals surface area contributed by atoms with Crippen LogP contribution in [0.4, 0.5) is 4.39 Å². The van der Waals surface area contributed by atoms with Crippen molar-refractivity contribution in [2.45, 2.75) is 12.0 Å². The van der Waals surface area contributed by atoms with Crippen LogP contribution in [0.15, 0.2) is 46.9 Å². The Bertz CT molecular complexity index is 621. The first kappa shape index (κ1) is 15.9. The van der Waals surface area contributed by atoms with E-state index >= 15 is 0 Å². The first-order chi connectivity index (χ1) is 10.1. The Labute approximate surface area is 131 Å². The standard InChI is InChI=1S/C16H17BrFNO2/c1-21-15-8-10(6-7-14(15)18)16(20)12(9-19)11-4-2-3-5-13(11)17/h2-8,12,16,20H,9,19H2,1H3. The quantitative estimate of drug-likeness (QED) is 0.866. The Morgan fingerprint density at radius 1 is 1.29 bits per heavy atom. The lowest BCUT2D eigenvalue weighted by Gasteiger charge is -2.23. The first-order valence-electron chi connectivity index (χ1n) is 6.54. The number of hydrogen-bond acceptors (Lipinski definition) is 3. The molecule has 21 heavy (non-hydrogen) atoms. The van der Waals surface area contributed by atoms with Crippen molar-refractivity contribution in [2.24, 2.45) is 5.73 Å². The van der Waals surface area contributed by atoms with Gasteiger partial charge in [-0.1, -0.05) is 40.2 Å². The van der Waals surface area contributed by atoms with Crippen LogP contribution in [0.3, 0.4) is 0 Å². The number of methoxy groups -OCH3 is 1. The van der Waals surface area contributed by atoms with Gasteiger partial charge in [0.25, 0.3) is 0 Å². The van der Waals surface area contributed by atoms with Gasteiger partial charge in [-0.2, -0.15) is 0 Å². The second kappa shape index (κ2) is 7.02. The second-order valence-electron chi connectivity index (χ2n) is 4.70. The Morgan fingerprint density at radius 3 is 2.62 bits per heavy atom. The lowest BCUT2D eigenvalue weighted by Crippen LogP contribution is -2.20. The number of hydrogen-bond donors (Lipinski definition) is 2. The van der Waals surface area contributed by atoms with Crippen LogP contribution < -0.4 is 10.5 Å². The third-order valence-corrected chi connectivity index (χ3v) is 4.18. The van der Waals surface area contributed by atoms with Gasteiger partial charge in [-0.3, -0.25) is 0 Å². The molecule has 0 saturated carbocycles. The Kier molecular flexibility index (Phi) is 5.33. The largest absolute Gasteiger partial charge is 0.494 e. The molecule has 0 saturated heterocycles. The van der Waals surface area contributed by atoms with Gasteiger partial charge in [-0.05, 0) is 29.3 Å². The maximum atomic E-state index is 13.5. The predicted molar refractivity (Wildman–Crippen MR) is 83.8 cm³/mol. The van der Waals surface area contributed by atoms with Crippen LogP contribution >= 0.6 is 15.9 Å². The molecule has 3 N–H and O–H groups in total. The van der Waals surface area contributed by atoms with E-state index in [1.807, 2.05) is 24.3 Å². The summed E-state index contributed by atoms with van der Waals surface area (Å²) in [4.78, 5) is 0. The molecule has 3 nitrogen and oxygen atoms in total. The van der Waals surface area contributed by atoms with Crippen molar-refractivity contribution < 1.29 is 14.2 Å². The minimum absolute atomic E-state index is 0.106. The SMILES string of the molecule is COc1cc(C(O)C(CN)c2ccccc2Br)ccc1F. The summed E-state index contributed by atoms with van der Waals surface area (Å²) in [5.41, 5.74) is 7.31. The van der Waals surface area contributed by atoms with E-state index in [4.69, 9.17) is 10.5 Å². The molecule has 0 aromatic heterocycles. The van der Waals surface area contributed by atoms with Crippen LogP contribution in [0.2, 0.25) is 0 Å². The fourth-order valence-electron chi connectivity index (χ4n) is 2.29. The summed E-state index contributed by atoms with van der Waals surface area (Å²) in [7, 11) is 1.39. The van der Waals surface area contributed by atoms with Gasteiger partial charge in [0.05, 0.1) is 13.2 Å². The van der Waals surface area contributed by atoms with E-state index in [0.29, 0.717) is 5.56 Å². The highest BCUT2D eigenvalue weighted by Crippen LogP contribution is 2.35. The molecule has 0 heterocycles. The van der Waals surface area contributed by atoms with Crippen molar-refractivity contribution >= 4 is 15.9 Å². The summed E-state index contributed by atoms with van der Waals surface area (Å²) in [6.45, 7) is 0.267. The molecule has 5 heteroatoms. The number of ether oxygens (including phenoxy) is 1. The van der Waals surface area contributed by atoms with E-state index in [0.717, 1.165) is 10.0 Å². The number of rotatable bonds is 5. The van der Waals surface area contributed by atoms with Gasteiger partial charge >= 0.3 is 0 Å². The topological polar surface area (TPSA) is 55.5 Å².